The number of aliphatic hydroxyl groups is 1. The standard InChI is InChI=1S/C7H14N2O3/c1-8(2)12-7(11)9-4-3-6(10)5-9/h6,10H,3-5H2,1-2H3. The highest BCUT2D eigenvalue weighted by atomic mass is 16.7. The lowest BCUT2D eigenvalue weighted by molar-refractivity contribution is -0.0700. The van der Waals surface area contributed by atoms with Crippen LogP contribution in [0.4, 0.5) is 4.79 Å². The first-order chi connectivity index (χ1) is 5.59. The van der Waals surface area contributed by atoms with Crippen molar-refractivity contribution in [1.29, 1.82) is 0 Å². The molecule has 70 valence electrons. The van der Waals surface area contributed by atoms with Crippen LogP contribution in [-0.2, 0) is 4.84 Å². The minimum absolute atomic E-state index is 0.382. The molecular formula is C7H14N2O3. The largest absolute Gasteiger partial charge is 0.429 e. The normalized spacial score (nSPS) is 23.3. The number of hydrogen-bond acceptors (Lipinski definition) is 4. The van der Waals surface area contributed by atoms with Crippen LogP contribution in [-0.4, -0.2) is 54.5 Å². The molecule has 1 amide bonds. The van der Waals surface area contributed by atoms with E-state index in [4.69, 9.17) is 9.94 Å². The van der Waals surface area contributed by atoms with Crippen LogP contribution in [0.15, 0.2) is 0 Å². The van der Waals surface area contributed by atoms with Gasteiger partial charge in [-0.2, -0.15) is 0 Å². The smallest absolute Gasteiger partial charge is 0.391 e. The lowest BCUT2D eigenvalue weighted by Gasteiger charge is -2.17. The Balaban J connectivity index is 2.33. The molecule has 0 aromatic heterocycles. The van der Waals surface area contributed by atoms with Gasteiger partial charge >= 0.3 is 6.09 Å². The second kappa shape index (κ2) is 3.73. The number of likely N-dealkylation sites (tertiary alicyclic amines) is 1. The predicted molar refractivity (Wildman–Crippen MR) is 42.4 cm³/mol. The Bertz CT molecular complexity index is 172. The van der Waals surface area contributed by atoms with Crippen molar-refractivity contribution in [2.24, 2.45) is 0 Å². The number of carbonyl (C=O) groups is 1. The van der Waals surface area contributed by atoms with Crippen LogP contribution < -0.4 is 0 Å². The van der Waals surface area contributed by atoms with Crippen molar-refractivity contribution in [2.75, 3.05) is 27.2 Å². The van der Waals surface area contributed by atoms with Crippen LogP contribution in [0, 0.1) is 0 Å². The van der Waals surface area contributed by atoms with Gasteiger partial charge in [0.25, 0.3) is 0 Å². The first-order valence-corrected chi connectivity index (χ1v) is 3.92. The maximum Gasteiger partial charge on any atom is 0.429 e. The predicted octanol–water partition coefficient (Wildman–Crippen LogP) is -0.334. The molecule has 1 N–H and O–H groups in total. The van der Waals surface area contributed by atoms with Crippen LogP contribution in [0.25, 0.3) is 0 Å². The van der Waals surface area contributed by atoms with Gasteiger partial charge in [0.05, 0.1) is 12.6 Å². The van der Waals surface area contributed by atoms with E-state index < -0.39 is 6.09 Å². The molecule has 1 fully saturated rings. The molecule has 5 nitrogen and oxygen atoms in total. The van der Waals surface area contributed by atoms with Crippen molar-refractivity contribution in [3.63, 3.8) is 0 Å². The van der Waals surface area contributed by atoms with E-state index in [9.17, 15) is 4.79 Å². The van der Waals surface area contributed by atoms with E-state index in [2.05, 4.69) is 0 Å². The minimum atomic E-state index is -0.392. The molecule has 0 bridgehead atoms. The van der Waals surface area contributed by atoms with E-state index in [1.807, 2.05) is 0 Å². The highest BCUT2D eigenvalue weighted by Crippen LogP contribution is 2.09. The monoisotopic (exact) mass is 174 g/mol. The molecule has 1 aliphatic rings. The Labute approximate surface area is 71.5 Å². The number of aliphatic hydroxyl groups excluding tert-OH is 1. The van der Waals surface area contributed by atoms with Gasteiger partial charge in [-0.1, -0.05) is 0 Å². The number of nitrogens with zero attached hydrogens (tertiary/aromatic N) is 2. The quantitative estimate of drug-likeness (QED) is 0.553. The fourth-order valence-corrected chi connectivity index (χ4v) is 1.12. The van der Waals surface area contributed by atoms with Crippen molar-refractivity contribution in [3.05, 3.63) is 0 Å². The molecular weight excluding hydrogens is 160 g/mol. The Hall–Kier alpha value is -0.810. The Morgan fingerprint density at radius 2 is 2.33 bits per heavy atom. The van der Waals surface area contributed by atoms with E-state index >= 15 is 0 Å². The summed E-state index contributed by atoms with van der Waals surface area (Å²) in [6, 6.07) is 0. The molecule has 0 radical (unpaired) electrons. The molecule has 0 saturated carbocycles. The zero-order chi connectivity index (χ0) is 9.14. The molecule has 1 unspecified atom stereocenters. The summed E-state index contributed by atoms with van der Waals surface area (Å²) in [5.41, 5.74) is 0. The SMILES string of the molecule is CN(C)OC(=O)N1CCC(O)C1. The molecule has 0 aliphatic carbocycles. The van der Waals surface area contributed by atoms with Crippen molar-refractivity contribution >= 4 is 6.09 Å². The van der Waals surface area contributed by atoms with E-state index in [1.165, 1.54) is 9.96 Å². The number of β-amino-alcohol motifs (C(OH)–C–C–N with tert-alkyl or cyclic N) is 1. The third-order valence-electron chi connectivity index (χ3n) is 1.68. The summed E-state index contributed by atoms with van der Waals surface area (Å²) in [5, 5.41) is 10.5. The number of rotatable bonds is 1. The minimum Gasteiger partial charge on any atom is -0.391 e. The molecule has 0 spiro atoms. The summed E-state index contributed by atoms with van der Waals surface area (Å²) in [4.78, 5) is 17.4. The first-order valence-electron chi connectivity index (χ1n) is 3.92. The lowest BCUT2D eigenvalue weighted by Crippen LogP contribution is -2.33. The summed E-state index contributed by atoms with van der Waals surface area (Å²) in [6.45, 7) is 0.959. The van der Waals surface area contributed by atoms with E-state index in [0.717, 1.165) is 0 Å². The zero-order valence-electron chi connectivity index (χ0n) is 7.36. The van der Waals surface area contributed by atoms with Gasteiger partial charge in [0, 0.05) is 20.6 Å². The van der Waals surface area contributed by atoms with Gasteiger partial charge < -0.3 is 14.8 Å². The van der Waals surface area contributed by atoms with E-state index in [-0.39, 0.29) is 6.10 Å². The highest BCUT2D eigenvalue weighted by Gasteiger charge is 2.26. The van der Waals surface area contributed by atoms with Crippen LogP contribution in [0.1, 0.15) is 6.42 Å². The van der Waals surface area contributed by atoms with Gasteiger partial charge in [0.2, 0.25) is 0 Å². The number of hydrogen-bond donors (Lipinski definition) is 1. The molecule has 12 heavy (non-hydrogen) atoms. The third-order valence-corrected chi connectivity index (χ3v) is 1.68. The van der Waals surface area contributed by atoms with Gasteiger partial charge in [-0.15, -0.1) is 5.06 Å². The lowest BCUT2D eigenvalue weighted by atomic mass is 10.3. The van der Waals surface area contributed by atoms with Gasteiger partial charge in [-0.25, -0.2) is 4.79 Å². The van der Waals surface area contributed by atoms with Crippen molar-refractivity contribution < 1.29 is 14.7 Å². The van der Waals surface area contributed by atoms with Crippen LogP contribution in [0.5, 0.6) is 0 Å². The summed E-state index contributed by atoms with van der Waals surface area (Å²) in [7, 11) is 3.29. The zero-order valence-corrected chi connectivity index (χ0v) is 7.36. The molecule has 1 saturated heterocycles. The van der Waals surface area contributed by atoms with Gasteiger partial charge in [0.15, 0.2) is 0 Å². The van der Waals surface area contributed by atoms with E-state index in [0.29, 0.717) is 19.5 Å². The van der Waals surface area contributed by atoms with Crippen LogP contribution in [0.2, 0.25) is 0 Å². The topological polar surface area (TPSA) is 53.0 Å². The fraction of sp³-hybridized carbons (Fsp3) is 0.857. The molecule has 5 heteroatoms. The van der Waals surface area contributed by atoms with Crippen LogP contribution >= 0.6 is 0 Å². The van der Waals surface area contributed by atoms with Gasteiger partial charge in [0.1, 0.15) is 0 Å². The number of carbonyl (C=O) groups excluding carboxylic acids is 1. The number of hydroxylamine groups is 2. The molecule has 1 heterocycles. The van der Waals surface area contributed by atoms with Gasteiger partial charge in [-0.3, -0.25) is 0 Å². The van der Waals surface area contributed by atoms with Crippen molar-refractivity contribution in [1.82, 2.24) is 9.96 Å². The molecule has 1 atom stereocenters. The van der Waals surface area contributed by atoms with Crippen LogP contribution in [0.3, 0.4) is 0 Å². The summed E-state index contributed by atoms with van der Waals surface area (Å²) in [5.74, 6) is 0. The first kappa shape index (κ1) is 9.28. The summed E-state index contributed by atoms with van der Waals surface area (Å²) < 4.78 is 0. The Kier molecular flexibility index (Phi) is 2.88. The highest BCUT2D eigenvalue weighted by molar-refractivity contribution is 5.67. The fourth-order valence-electron chi connectivity index (χ4n) is 1.12. The second-order valence-electron chi connectivity index (χ2n) is 3.06. The number of amides is 1. The average molecular weight is 174 g/mol. The van der Waals surface area contributed by atoms with Gasteiger partial charge in [-0.05, 0) is 6.42 Å². The Morgan fingerprint density at radius 3 is 2.75 bits per heavy atom. The average Bonchev–Trinajstić information content (AvgIpc) is 2.34. The molecule has 0 aromatic rings. The maximum absolute atomic E-state index is 11.2. The van der Waals surface area contributed by atoms with E-state index in [1.54, 1.807) is 14.1 Å². The third kappa shape index (κ3) is 2.35. The maximum atomic E-state index is 11.2. The molecule has 1 aliphatic heterocycles. The van der Waals surface area contributed by atoms with Crippen molar-refractivity contribution in [2.45, 2.75) is 12.5 Å². The summed E-state index contributed by atoms with van der Waals surface area (Å²) in [6.07, 6.45) is -0.140. The Morgan fingerprint density at radius 1 is 1.67 bits per heavy atom. The summed E-state index contributed by atoms with van der Waals surface area (Å²) >= 11 is 0. The molecule has 1 rings (SSSR count). The molecule has 0 aromatic carbocycles. The second-order valence-corrected chi connectivity index (χ2v) is 3.06. The van der Waals surface area contributed by atoms with Crippen molar-refractivity contribution in [3.8, 4) is 0 Å².